The van der Waals surface area contributed by atoms with Gasteiger partial charge < -0.3 is 10.3 Å². The Morgan fingerprint density at radius 2 is 2.00 bits per heavy atom. The Morgan fingerprint density at radius 1 is 1.13 bits per heavy atom. The maximum Gasteiger partial charge on any atom is 0.145 e. The molecule has 0 fully saturated rings. The molecule has 0 spiro atoms. The molecule has 0 aliphatic heterocycles. The fraction of sp³-hybridized carbons (Fsp3) is 0.227. The number of hydrogen-bond donors (Lipinski definition) is 1. The van der Waals surface area contributed by atoms with Gasteiger partial charge in [-0.25, -0.2) is 19.3 Å². The van der Waals surface area contributed by atoms with E-state index in [4.69, 9.17) is 28.9 Å². The first-order valence-electron chi connectivity index (χ1n) is 9.70. The van der Waals surface area contributed by atoms with Crippen LogP contribution in [0.1, 0.15) is 30.9 Å². The van der Waals surface area contributed by atoms with Crippen LogP contribution in [0.3, 0.4) is 0 Å². The molecule has 0 radical (unpaired) electrons. The van der Waals surface area contributed by atoms with Gasteiger partial charge in [-0.1, -0.05) is 34.9 Å². The van der Waals surface area contributed by atoms with E-state index in [-0.39, 0.29) is 22.7 Å². The Balaban J connectivity index is 1.35. The molecule has 1 atom stereocenters. The van der Waals surface area contributed by atoms with Crippen molar-refractivity contribution in [2.24, 2.45) is 0 Å². The lowest BCUT2D eigenvalue weighted by atomic mass is 10.0. The highest BCUT2D eigenvalue weighted by Crippen LogP contribution is 2.34. The van der Waals surface area contributed by atoms with E-state index < -0.39 is 0 Å². The summed E-state index contributed by atoms with van der Waals surface area (Å²) in [7, 11) is 0. The monoisotopic (exact) mass is 441 g/mol. The predicted octanol–water partition coefficient (Wildman–Crippen LogP) is 5.90. The third-order valence-corrected chi connectivity index (χ3v) is 6.27. The van der Waals surface area contributed by atoms with Crippen LogP contribution >= 0.6 is 23.2 Å². The van der Waals surface area contributed by atoms with Crippen LogP contribution in [0.2, 0.25) is 10.2 Å². The van der Waals surface area contributed by atoms with E-state index in [0.29, 0.717) is 16.1 Å². The van der Waals surface area contributed by atoms with Crippen molar-refractivity contribution in [1.82, 2.24) is 19.5 Å². The maximum atomic E-state index is 14.5. The molecule has 8 heteroatoms. The van der Waals surface area contributed by atoms with E-state index in [1.165, 1.54) is 18.0 Å². The van der Waals surface area contributed by atoms with Gasteiger partial charge in [0.15, 0.2) is 0 Å². The Morgan fingerprint density at radius 3 is 2.87 bits per heavy atom. The molecule has 3 heterocycles. The summed E-state index contributed by atoms with van der Waals surface area (Å²) in [6.45, 7) is 0. The number of allylic oxidation sites excluding steroid dienone is 2. The SMILES string of the molecule is Nc1nc2cc(CCC3=CC(n4ccc5c(Cl)ncnc54)CC3)cc(F)c2cc1Cl. The van der Waals surface area contributed by atoms with Gasteiger partial charge in [0.05, 0.1) is 22.0 Å². The maximum absolute atomic E-state index is 14.5. The second-order valence-electron chi connectivity index (χ2n) is 7.56. The Hall–Kier alpha value is -2.70. The molecule has 152 valence electrons. The van der Waals surface area contributed by atoms with Gasteiger partial charge in [0, 0.05) is 11.6 Å². The molecule has 5 rings (SSSR count). The highest BCUT2D eigenvalue weighted by molar-refractivity contribution is 6.34. The predicted molar refractivity (Wildman–Crippen MR) is 118 cm³/mol. The minimum Gasteiger partial charge on any atom is -0.382 e. The lowest BCUT2D eigenvalue weighted by molar-refractivity contribution is 0.603. The number of nitrogens with two attached hydrogens (primary N) is 1. The summed E-state index contributed by atoms with van der Waals surface area (Å²) < 4.78 is 16.6. The number of pyridine rings is 1. The number of nitrogen functional groups attached to an aromatic ring is 1. The molecule has 4 aromatic rings. The van der Waals surface area contributed by atoms with Crippen molar-refractivity contribution < 1.29 is 4.39 Å². The molecule has 0 saturated carbocycles. The fourth-order valence-electron chi connectivity index (χ4n) is 4.13. The van der Waals surface area contributed by atoms with Crippen LogP contribution in [0.5, 0.6) is 0 Å². The van der Waals surface area contributed by atoms with Crippen molar-refractivity contribution in [2.45, 2.75) is 31.7 Å². The molecule has 0 saturated heterocycles. The molecular formula is C22H18Cl2FN5. The number of halogens is 3. The van der Waals surface area contributed by atoms with Gasteiger partial charge in [0.2, 0.25) is 0 Å². The molecule has 1 unspecified atom stereocenters. The summed E-state index contributed by atoms with van der Waals surface area (Å²) in [5, 5.41) is 1.98. The number of benzene rings is 1. The lowest BCUT2D eigenvalue weighted by Gasteiger charge is -2.10. The average Bonchev–Trinajstić information content (AvgIpc) is 3.35. The minimum atomic E-state index is -0.328. The van der Waals surface area contributed by atoms with Crippen LogP contribution in [0.25, 0.3) is 21.9 Å². The van der Waals surface area contributed by atoms with Gasteiger partial charge in [0.1, 0.15) is 28.8 Å². The number of fused-ring (bicyclic) bond motifs is 2. The van der Waals surface area contributed by atoms with Crippen LogP contribution in [-0.2, 0) is 6.42 Å². The molecule has 1 aliphatic rings. The van der Waals surface area contributed by atoms with Crippen molar-refractivity contribution >= 4 is 51.0 Å². The number of hydrogen-bond acceptors (Lipinski definition) is 4. The Kier molecular flexibility index (Phi) is 4.83. The normalized spacial score (nSPS) is 16.5. The number of anilines is 1. The third kappa shape index (κ3) is 3.40. The first-order valence-corrected chi connectivity index (χ1v) is 10.5. The summed E-state index contributed by atoms with van der Waals surface area (Å²) >= 11 is 12.1. The quantitative estimate of drug-likeness (QED) is 0.316. The molecule has 0 amide bonds. The second-order valence-corrected chi connectivity index (χ2v) is 8.32. The van der Waals surface area contributed by atoms with Gasteiger partial charge in [-0.3, -0.25) is 0 Å². The van der Waals surface area contributed by atoms with Gasteiger partial charge in [-0.2, -0.15) is 0 Å². The lowest BCUT2D eigenvalue weighted by Crippen LogP contribution is -2.02. The van der Waals surface area contributed by atoms with E-state index >= 15 is 0 Å². The third-order valence-electron chi connectivity index (χ3n) is 5.67. The highest BCUT2D eigenvalue weighted by atomic mass is 35.5. The molecule has 1 aromatic carbocycles. The molecular weight excluding hydrogens is 424 g/mol. The topological polar surface area (TPSA) is 69.6 Å². The smallest absolute Gasteiger partial charge is 0.145 e. The van der Waals surface area contributed by atoms with Crippen LogP contribution in [0, 0.1) is 5.82 Å². The van der Waals surface area contributed by atoms with Crippen molar-refractivity contribution in [3.05, 3.63) is 70.0 Å². The van der Waals surface area contributed by atoms with Crippen molar-refractivity contribution in [2.75, 3.05) is 5.73 Å². The first-order chi connectivity index (χ1) is 14.5. The van der Waals surface area contributed by atoms with Crippen molar-refractivity contribution in [3.63, 3.8) is 0 Å². The molecule has 2 N–H and O–H groups in total. The van der Waals surface area contributed by atoms with E-state index in [2.05, 4.69) is 25.6 Å². The second kappa shape index (κ2) is 7.52. The fourth-order valence-corrected chi connectivity index (χ4v) is 4.48. The van der Waals surface area contributed by atoms with Crippen molar-refractivity contribution in [1.29, 1.82) is 0 Å². The summed E-state index contributed by atoms with van der Waals surface area (Å²) in [5.74, 6) is -0.115. The Labute approximate surface area is 182 Å². The van der Waals surface area contributed by atoms with Crippen LogP contribution < -0.4 is 5.73 Å². The summed E-state index contributed by atoms with van der Waals surface area (Å²) in [6, 6.07) is 7.16. The van der Waals surface area contributed by atoms with Gasteiger partial charge in [-0.05, 0) is 55.5 Å². The summed E-state index contributed by atoms with van der Waals surface area (Å²) in [5.41, 5.74) is 9.39. The molecule has 30 heavy (non-hydrogen) atoms. The zero-order valence-corrected chi connectivity index (χ0v) is 17.5. The van der Waals surface area contributed by atoms with E-state index in [0.717, 1.165) is 42.3 Å². The summed E-state index contributed by atoms with van der Waals surface area (Å²) in [6.07, 6.45) is 9.38. The van der Waals surface area contributed by atoms with Gasteiger partial charge in [0.25, 0.3) is 0 Å². The number of nitrogens with zero attached hydrogens (tertiary/aromatic N) is 4. The van der Waals surface area contributed by atoms with Crippen LogP contribution in [-0.4, -0.2) is 19.5 Å². The number of aromatic nitrogens is 4. The zero-order chi connectivity index (χ0) is 20.8. The van der Waals surface area contributed by atoms with E-state index in [1.54, 1.807) is 6.07 Å². The van der Waals surface area contributed by atoms with Gasteiger partial charge in [-0.15, -0.1) is 0 Å². The van der Waals surface area contributed by atoms with Crippen LogP contribution in [0.4, 0.5) is 10.2 Å². The minimum absolute atomic E-state index is 0.213. The van der Waals surface area contributed by atoms with E-state index in [9.17, 15) is 4.39 Å². The average molecular weight is 442 g/mol. The zero-order valence-electron chi connectivity index (χ0n) is 15.9. The van der Waals surface area contributed by atoms with E-state index in [1.807, 2.05) is 18.3 Å². The molecule has 1 aliphatic carbocycles. The molecule has 3 aromatic heterocycles. The first kappa shape index (κ1) is 19.3. The number of aryl methyl sites for hydroxylation is 1. The molecule has 0 bridgehead atoms. The highest BCUT2D eigenvalue weighted by Gasteiger charge is 2.20. The standard InChI is InChI=1S/C22H18Cl2FN5/c23-17-10-16-18(25)8-13(9-19(16)29-21(17)26)2-1-12-3-4-14(7-12)30-6-5-15-20(24)27-11-28-22(15)30/h5-11,14H,1-4H2,(H2,26,29). The van der Waals surface area contributed by atoms with Crippen LogP contribution in [0.15, 0.2) is 48.4 Å². The van der Waals surface area contributed by atoms with Crippen molar-refractivity contribution in [3.8, 4) is 0 Å². The largest absolute Gasteiger partial charge is 0.382 e. The van der Waals surface area contributed by atoms with Gasteiger partial charge >= 0.3 is 0 Å². The molecule has 5 nitrogen and oxygen atoms in total. The summed E-state index contributed by atoms with van der Waals surface area (Å²) in [4.78, 5) is 12.6. The number of rotatable bonds is 4. The Bertz CT molecular complexity index is 1310.